The Morgan fingerprint density at radius 3 is 3.05 bits per heavy atom. The van der Waals surface area contributed by atoms with E-state index >= 15 is 0 Å². The molecule has 0 saturated heterocycles. The third-order valence-corrected chi connectivity index (χ3v) is 5.46. The van der Waals surface area contributed by atoms with Crippen molar-refractivity contribution in [3.8, 4) is 0 Å². The van der Waals surface area contributed by atoms with Gasteiger partial charge in [-0.1, -0.05) is 36.7 Å². The highest BCUT2D eigenvalue weighted by Gasteiger charge is 2.32. The predicted molar refractivity (Wildman–Crippen MR) is 90.9 cm³/mol. The van der Waals surface area contributed by atoms with Gasteiger partial charge in [0.1, 0.15) is 0 Å². The van der Waals surface area contributed by atoms with Gasteiger partial charge in [0, 0.05) is 28.3 Å². The van der Waals surface area contributed by atoms with Crippen molar-refractivity contribution in [2.24, 2.45) is 0 Å². The minimum atomic E-state index is 0.205. The first kappa shape index (κ1) is 15.0. The monoisotopic (exact) mass is 364 g/mol. The van der Waals surface area contributed by atoms with Crippen LogP contribution in [0.5, 0.6) is 0 Å². The summed E-state index contributed by atoms with van der Waals surface area (Å²) in [6, 6.07) is 10.6. The number of aryl methyl sites for hydroxylation is 1. The summed E-state index contributed by atoms with van der Waals surface area (Å²) < 4.78 is 0.948. The van der Waals surface area contributed by atoms with E-state index in [4.69, 9.17) is 11.6 Å². The predicted octanol–water partition coefficient (Wildman–Crippen LogP) is 4.88. The summed E-state index contributed by atoms with van der Waals surface area (Å²) in [5.41, 5.74) is 3.74. The average molecular weight is 366 g/mol. The summed E-state index contributed by atoms with van der Waals surface area (Å²) in [5, 5.41) is 4.40. The topological polar surface area (TPSA) is 24.9 Å². The van der Waals surface area contributed by atoms with Gasteiger partial charge in [-0.3, -0.25) is 4.98 Å². The molecule has 0 amide bonds. The number of aromatic nitrogens is 1. The maximum atomic E-state index is 6.52. The molecule has 1 aliphatic carbocycles. The van der Waals surface area contributed by atoms with Crippen molar-refractivity contribution in [2.75, 3.05) is 6.54 Å². The van der Waals surface area contributed by atoms with Gasteiger partial charge >= 0.3 is 0 Å². The normalized spacial score (nSPS) is 18.5. The molecule has 4 heteroatoms. The lowest BCUT2D eigenvalue weighted by molar-refractivity contribution is 0.447. The summed E-state index contributed by atoms with van der Waals surface area (Å²) in [5.74, 6) is 0.382. The summed E-state index contributed by atoms with van der Waals surface area (Å²) in [6.07, 6.45) is 4.11. The highest BCUT2D eigenvalue weighted by atomic mass is 79.9. The molecule has 0 spiro atoms. The van der Waals surface area contributed by atoms with Crippen LogP contribution >= 0.6 is 27.5 Å². The molecule has 1 aliphatic rings. The first-order chi connectivity index (χ1) is 10.2. The van der Waals surface area contributed by atoms with Crippen molar-refractivity contribution >= 4 is 27.5 Å². The molecule has 0 aliphatic heterocycles. The summed E-state index contributed by atoms with van der Waals surface area (Å²) >= 11 is 10.1. The van der Waals surface area contributed by atoms with Crippen LogP contribution in [0.15, 0.2) is 41.0 Å². The summed E-state index contributed by atoms with van der Waals surface area (Å²) in [6.45, 7) is 3.04. The quantitative estimate of drug-likeness (QED) is 0.835. The highest BCUT2D eigenvalue weighted by Crippen LogP contribution is 2.43. The zero-order valence-corrected chi connectivity index (χ0v) is 14.3. The van der Waals surface area contributed by atoms with Gasteiger partial charge in [0.05, 0.1) is 5.02 Å². The molecule has 2 atom stereocenters. The van der Waals surface area contributed by atoms with Crippen LogP contribution in [0.2, 0.25) is 5.02 Å². The minimum Gasteiger partial charge on any atom is -0.310 e. The second-order valence-corrected chi connectivity index (χ2v) is 6.60. The zero-order valence-electron chi connectivity index (χ0n) is 11.9. The van der Waals surface area contributed by atoms with E-state index in [1.807, 2.05) is 24.4 Å². The van der Waals surface area contributed by atoms with Crippen LogP contribution in [0.4, 0.5) is 0 Å². The molecule has 2 nitrogen and oxygen atoms in total. The number of hydrogen-bond acceptors (Lipinski definition) is 2. The van der Waals surface area contributed by atoms with Crippen LogP contribution < -0.4 is 5.32 Å². The Morgan fingerprint density at radius 1 is 1.38 bits per heavy atom. The molecule has 21 heavy (non-hydrogen) atoms. The van der Waals surface area contributed by atoms with Crippen LogP contribution in [0.3, 0.4) is 0 Å². The number of nitrogens with one attached hydrogen (secondary N) is 1. The molecular formula is C17H18BrClN2. The number of likely N-dealkylation sites (N-methyl/N-ethyl adjacent to an activating group) is 1. The Hall–Kier alpha value is -0.900. The molecule has 1 heterocycles. The van der Waals surface area contributed by atoms with Gasteiger partial charge < -0.3 is 5.32 Å². The van der Waals surface area contributed by atoms with E-state index in [0.29, 0.717) is 5.92 Å². The lowest BCUT2D eigenvalue weighted by Gasteiger charge is -2.26. The molecule has 0 fully saturated rings. The second-order valence-electron chi connectivity index (χ2n) is 5.37. The summed E-state index contributed by atoms with van der Waals surface area (Å²) in [7, 11) is 0. The number of pyridine rings is 1. The number of halogens is 2. The van der Waals surface area contributed by atoms with Gasteiger partial charge in [0.2, 0.25) is 0 Å². The highest BCUT2D eigenvalue weighted by molar-refractivity contribution is 9.10. The standard InChI is InChI=1S/C17H18BrClN2/c1-2-20-17(12-6-3-7-14(18)15(12)19)13-9-8-11-5-4-10-21-16(11)13/h3-7,10,13,17,20H,2,8-9H2,1H3. The summed E-state index contributed by atoms with van der Waals surface area (Å²) in [4.78, 5) is 4.63. The number of fused-ring (bicyclic) bond motifs is 1. The fourth-order valence-corrected chi connectivity index (χ4v) is 3.84. The van der Waals surface area contributed by atoms with Crippen molar-refractivity contribution in [2.45, 2.75) is 31.7 Å². The van der Waals surface area contributed by atoms with Gasteiger partial charge in [-0.15, -0.1) is 0 Å². The van der Waals surface area contributed by atoms with E-state index in [0.717, 1.165) is 34.4 Å². The maximum Gasteiger partial charge on any atom is 0.0596 e. The van der Waals surface area contributed by atoms with E-state index in [-0.39, 0.29) is 6.04 Å². The smallest absolute Gasteiger partial charge is 0.0596 e. The lowest BCUT2D eigenvalue weighted by atomic mass is 9.90. The molecule has 2 unspecified atom stereocenters. The Balaban J connectivity index is 2.02. The molecule has 1 aromatic carbocycles. The van der Waals surface area contributed by atoms with Crippen LogP contribution in [-0.4, -0.2) is 11.5 Å². The van der Waals surface area contributed by atoms with E-state index < -0.39 is 0 Å². The van der Waals surface area contributed by atoms with Gasteiger partial charge in [-0.05, 0) is 58.6 Å². The van der Waals surface area contributed by atoms with Gasteiger partial charge in [-0.25, -0.2) is 0 Å². The number of benzene rings is 1. The number of hydrogen-bond donors (Lipinski definition) is 1. The van der Waals surface area contributed by atoms with Crippen molar-refractivity contribution < 1.29 is 0 Å². The molecule has 2 aromatic rings. The van der Waals surface area contributed by atoms with E-state index in [9.17, 15) is 0 Å². The molecule has 3 rings (SSSR count). The minimum absolute atomic E-state index is 0.205. The SMILES string of the molecule is CCNC(c1cccc(Br)c1Cl)C1CCc2cccnc21. The number of rotatable bonds is 4. The van der Waals surface area contributed by atoms with E-state index in [1.165, 1.54) is 11.3 Å². The Labute approximate surface area is 139 Å². The van der Waals surface area contributed by atoms with E-state index in [1.54, 1.807) is 0 Å². The van der Waals surface area contributed by atoms with Crippen molar-refractivity contribution in [1.29, 1.82) is 0 Å². The van der Waals surface area contributed by atoms with Crippen molar-refractivity contribution in [3.05, 3.63) is 62.8 Å². The Bertz CT molecular complexity index is 644. The molecule has 1 aromatic heterocycles. The van der Waals surface area contributed by atoms with Crippen LogP contribution in [0.25, 0.3) is 0 Å². The Kier molecular flexibility index (Phi) is 4.63. The van der Waals surface area contributed by atoms with Crippen LogP contribution in [-0.2, 0) is 6.42 Å². The average Bonchev–Trinajstić information content (AvgIpc) is 2.92. The van der Waals surface area contributed by atoms with Gasteiger partial charge in [0.25, 0.3) is 0 Å². The second kappa shape index (κ2) is 6.47. The van der Waals surface area contributed by atoms with E-state index in [2.05, 4.69) is 45.3 Å². The van der Waals surface area contributed by atoms with Crippen LogP contribution in [0.1, 0.15) is 42.1 Å². The maximum absolute atomic E-state index is 6.52. The van der Waals surface area contributed by atoms with Gasteiger partial charge in [-0.2, -0.15) is 0 Å². The van der Waals surface area contributed by atoms with Crippen molar-refractivity contribution in [1.82, 2.24) is 10.3 Å². The lowest BCUT2D eigenvalue weighted by Crippen LogP contribution is -2.27. The molecular weight excluding hydrogens is 348 g/mol. The van der Waals surface area contributed by atoms with Crippen LogP contribution in [0, 0.1) is 0 Å². The fraction of sp³-hybridized carbons (Fsp3) is 0.353. The fourth-order valence-electron chi connectivity index (χ4n) is 3.22. The molecule has 0 saturated carbocycles. The molecule has 1 N–H and O–H groups in total. The molecule has 110 valence electrons. The Morgan fingerprint density at radius 2 is 2.24 bits per heavy atom. The van der Waals surface area contributed by atoms with Crippen molar-refractivity contribution in [3.63, 3.8) is 0 Å². The zero-order chi connectivity index (χ0) is 14.8. The third-order valence-electron chi connectivity index (χ3n) is 4.14. The first-order valence-corrected chi connectivity index (χ1v) is 8.50. The number of nitrogens with zero attached hydrogens (tertiary/aromatic N) is 1. The third kappa shape index (κ3) is 2.87. The van der Waals surface area contributed by atoms with Gasteiger partial charge in [0.15, 0.2) is 0 Å². The molecule has 0 bridgehead atoms. The molecule has 0 radical (unpaired) electrons. The first-order valence-electron chi connectivity index (χ1n) is 7.33. The largest absolute Gasteiger partial charge is 0.310 e.